The van der Waals surface area contributed by atoms with Gasteiger partial charge in [0.05, 0.1) is 24.8 Å². The summed E-state index contributed by atoms with van der Waals surface area (Å²) in [7, 11) is -1.25. The maximum Gasteiger partial charge on any atom is 0.264 e. The van der Waals surface area contributed by atoms with Crippen LogP contribution in [0.1, 0.15) is 31.4 Å². The van der Waals surface area contributed by atoms with Gasteiger partial charge < -0.3 is 19.7 Å². The molecule has 10 heteroatoms. The Morgan fingerprint density at radius 1 is 0.925 bits per heavy atom. The van der Waals surface area contributed by atoms with Crippen molar-refractivity contribution in [2.24, 2.45) is 0 Å². The normalized spacial score (nSPS) is 11.8. The number of nitrogens with one attached hydrogen (secondary N) is 1. The highest BCUT2D eigenvalue weighted by Gasteiger charge is 2.33. The van der Waals surface area contributed by atoms with E-state index in [-0.39, 0.29) is 23.0 Å². The Kier molecular flexibility index (Phi) is 10.6. The molecule has 0 bridgehead atoms. The zero-order chi connectivity index (χ0) is 29.3. The summed E-state index contributed by atoms with van der Waals surface area (Å²) >= 11 is 0. The van der Waals surface area contributed by atoms with Crippen molar-refractivity contribution < 1.29 is 27.5 Å². The molecule has 0 saturated heterocycles. The molecule has 0 heterocycles. The molecular formula is C30H37N3O6S. The molecule has 214 valence electrons. The van der Waals surface area contributed by atoms with Crippen molar-refractivity contribution in [3.63, 3.8) is 0 Å². The molecule has 1 N–H and O–H groups in total. The molecule has 0 aliphatic rings. The second-order valence-corrected chi connectivity index (χ2v) is 11.1. The number of carbonyl (C=O) groups excluding carboxylic acids is 2. The zero-order valence-electron chi connectivity index (χ0n) is 23.6. The standard InChI is InChI=1S/C30H37N3O6S/c1-6-18-31-30(35)23(3)32(20-24-13-11-10-12-22(24)2)29(34)21-33(40(36,37)26-14-8-7-9-15-26)25-16-17-27(38-4)28(19-25)39-5/h7-17,19,23H,6,18,20-21H2,1-5H3,(H,31,35)/t23-/m1/s1. The highest BCUT2D eigenvalue weighted by molar-refractivity contribution is 7.92. The van der Waals surface area contributed by atoms with E-state index >= 15 is 0 Å². The summed E-state index contributed by atoms with van der Waals surface area (Å²) in [5, 5.41) is 2.84. The number of nitrogens with zero attached hydrogens (tertiary/aromatic N) is 2. The molecule has 0 saturated carbocycles. The lowest BCUT2D eigenvalue weighted by atomic mass is 10.1. The van der Waals surface area contributed by atoms with E-state index in [0.29, 0.717) is 18.0 Å². The number of aryl methyl sites for hydroxylation is 1. The lowest BCUT2D eigenvalue weighted by molar-refractivity contribution is -0.139. The topological polar surface area (TPSA) is 105 Å². The van der Waals surface area contributed by atoms with Gasteiger partial charge >= 0.3 is 0 Å². The molecule has 0 spiro atoms. The fourth-order valence-electron chi connectivity index (χ4n) is 4.18. The van der Waals surface area contributed by atoms with Gasteiger partial charge in [-0.2, -0.15) is 0 Å². The van der Waals surface area contributed by atoms with Crippen LogP contribution in [0, 0.1) is 6.92 Å². The predicted molar refractivity (Wildman–Crippen MR) is 155 cm³/mol. The van der Waals surface area contributed by atoms with E-state index in [4.69, 9.17) is 9.47 Å². The first kappa shape index (κ1) is 30.5. The Balaban J connectivity index is 2.07. The molecular weight excluding hydrogens is 530 g/mol. The minimum Gasteiger partial charge on any atom is -0.493 e. The molecule has 40 heavy (non-hydrogen) atoms. The number of carbonyl (C=O) groups is 2. The van der Waals surface area contributed by atoms with Crippen molar-refractivity contribution in [2.75, 3.05) is 31.6 Å². The van der Waals surface area contributed by atoms with E-state index in [0.717, 1.165) is 21.9 Å². The third-order valence-corrected chi connectivity index (χ3v) is 8.37. The molecule has 1 atom stereocenters. The first-order chi connectivity index (χ1) is 19.1. The second kappa shape index (κ2) is 13.8. The fourth-order valence-corrected chi connectivity index (χ4v) is 5.61. The SMILES string of the molecule is CCCNC(=O)[C@@H](C)N(Cc1ccccc1C)C(=O)CN(c1ccc(OC)c(OC)c1)S(=O)(=O)c1ccccc1. The number of hydrogen-bond acceptors (Lipinski definition) is 6. The first-order valence-electron chi connectivity index (χ1n) is 13.1. The van der Waals surface area contributed by atoms with E-state index in [1.807, 2.05) is 38.1 Å². The van der Waals surface area contributed by atoms with Crippen LogP contribution >= 0.6 is 0 Å². The number of anilines is 1. The van der Waals surface area contributed by atoms with Gasteiger partial charge in [-0.15, -0.1) is 0 Å². The number of benzene rings is 3. The fraction of sp³-hybridized carbons (Fsp3) is 0.333. The van der Waals surface area contributed by atoms with Crippen LogP contribution in [0.15, 0.2) is 77.7 Å². The average Bonchev–Trinajstić information content (AvgIpc) is 2.97. The molecule has 0 radical (unpaired) electrons. The maximum atomic E-state index is 14.0. The number of sulfonamides is 1. The predicted octanol–water partition coefficient (Wildman–Crippen LogP) is 4.15. The third-order valence-electron chi connectivity index (χ3n) is 6.58. The molecule has 0 unspecified atom stereocenters. The quantitative estimate of drug-likeness (QED) is 0.333. The lowest BCUT2D eigenvalue weighted by Crippen LogP contribution is -2.51. The smallest absolute Gasteiger partial charge is 0.264 e. The molecule has 0 fully saturated rings. The Morgan fingerprint density at radius 3 is 2.20 bits per heavy atom. The minimum absolute atomic E-state index is 0.0248. The van der Waals surface area contributed by atoms with Crippen LogP contribution in [0.5, 0.6) is 11.5 Å². The number of ether oxygens (including phenoxy) is 2. The van der Waals surface area contributed by atoms with Gasteiger partial charge in [-0.05, 0) is 55.7 Å². The van der Waals surface area contributed by atoms with E-state index in [2.05, 4.69) is 5.32 Å². The summed E-state index contributed by atoms with van der Waals surface area (Å²) in [6.45, 7) is 5.58. The molecule has 9 nitrogen and oxygen atoms in total. The number of amides is 2. The van der Waals surface area contributed by atoms with Gasteiger partial charge in [0.1, 0.15) is 12.6 Å². The molecule has 0 aromatic heterocycles. The Morgan fingerprint density at radius 2 is 1.57 bits per heavy atom. The van der Waals surface area contributed by atoms with Crippen LogP contribution in [0.4, 0.5) is 5.69 Å². The maximum absolute atomic E-state index is 14.0. The van der Waals surface area contributed by atoms with E-state index < -0.39 is 28.5 Å². The van der Waals surface area contributed by atoms with Crippen molar-refractivity contribution in [1.29, 1.82) is 0 Å². The van der Waals surface area contributed by atoms with E-state index in [9.17, 15) is 18.0 Å². The summed E-state index contributed by atoms with van der Waals surface area (Å²) in [5.41, 5.74) is 2.03. The summed E-state index contributed by atoms with van der Waals surface area (Å²) in [5.74, 6) is -0.120. The van der Waals surface area contributed by atoms with Crippen molar-refractivity contribution in [2.45, 2.75) is 44.7 Å². The van der Waals surface area contributed by atoms with Gasteiger partial charge in [-0.1, -0.05) is 49.4 Å². The molecule has 3 aromatic carbocycles. The first-order valence-corrected chi connectivity index (χ1v) is 14.5. The van der Waals surface area contributed by atoms with Crippen LogP contribution in [0.3, 0.4) is 0 Å². The van der Waals surface area contributed by atoms with Crippen molar-refractivity contribution in [3.05, 3.63) is 83.9 Å². The summed E-state index contributed by atoms with van der Waals surface area (Å²) in [6.07, 6.45) is 0.743. The third kappa shape index (κ3) is 7.12. The van der Waals surface area contributed by atoms with E-state index in [1.165, 1.54) is 37.3 Å². The van der Waals surface area contributed by atoms with Crippen LogP contribution in [0.25, 0.3) is 0 Å². The van der Waals surface area contributed by atoms with Gasteiger partial charge in [-0.3, -0.25) is 13.9 Å². The highest BCUT2D eigenvalue weighted by atomic mass is 32.2. The Hall–Kier alpha value is -4.05. The Bertz CT molecular complexity index is 1410. The van der Waals surface area contributed by atoms with Gasteiger partial charge in [0.15, 0.2) is 11.5 Å². The van der Waals surface area contributed by atoms with Crippen LogP contribution in [0.2, 0.25) is 0 Å². The minimum atomic E-state index is -4.18. The zero-order valence-corrected chi connectivity index (χ0v) is 24.4. The summed E-state index contributed by atoms with van der Waals surface area (Å²) < 4.78 is 39.6. The van der Waals surface area contributed by atoms with Crippen molar-refractivity contribution in [1.82, 2.24) is 10.2 Å². The molecule has 0 aliphatic heterocycles. The van der Waals surface area contributed by atoms with Crippen molar-refractivity contribution >= 4 is 27.5 Å². The van der Waals surface area contributed by atoms with E-state index in [1.54, 1.807) is 37.3 Å². The van der Waals surface area contributed by atoms with Crippen LogP contribution in [-0.4, -0.2) is 58.5 Å². The van der Waals surface area contributed by atoms with Gasteiger partial charge in [0.25, 0.3) is 10.0 Å². The molecule has 0 aliphatic carbocycles. The van der Waals surface area contributed by atoms with Gasteiger partial charge in [-0.25, -0.2) is 8.42 Å². The summed E-state index contributed by atoms with van der Waals surface area (Å²) in [4.78, 5) is 28.4. The highest BCUT2D eigenvalue weighted by Crippen LogP contribution is 2.34. The molecule has 3 rings (SSSR count). The van der Waals surface area contributed by atoms with Crippen LogP contribution in [-0.2, 0) is 26.2 Å². The molecule has 3 aromatic rings. The number of rotatable bonds is 13. The largest absolute Gasteiger partial charge is 0.493 e. The Labute approximate surface area is 236 Å². The average molecular weight is 568 g/mol. The lowest BCUT2D eigenvalue weighted by Gasteiger charge is -2.32. The second-order valence-electron chi connectivity index (χ2n) is 9.28. The summed E-state index contributed by atoms with van der Waals surface area (Å²) in [6, 6.07) is 19.3. The monoisotopic (exact) mass is 567 g/mol. The number of hydrogen-bond donors (Lipinski definition) is 1. The van der Waals surface area contributed by atoms with Gasteiger partial charge in [0, 0.05) is 19.2 Å². The van der Waals surface area contributed by atoms with Crippen LogP contribution < -0.4 is 19.1 Å². The molecule has 2 amide bonds. The van der Waals surface area contributed by atoms with Crippen molar-refractivity contribution in [3.8, 4) is 11.5 Å². The van der Waals surface area contributed by atoms with Gasteiger partial charge in [0.2, 0.25) is 11.8 Å². The number of methoxy groups -OCH3 is 2.